The van der Waals surface area contributed by atoms with Crippen molar-refractivity contribution in [2.75, 3.05) is 6.61 Å². The van der Waals surface area contributed by atoms with Crippen LogP contribution in [-0.4, -0.2) is 45.2 Å². The number of hydrogen-bond donors (Lipinski definition) is 0. The molecule has 1 amide bonds. The summed E-state index contributed by atoms with van der Waals surface area (Å²) >= 11 is 5.91. The van der Waals surface area contributed by atoms with Gasteiger partial charge in [0.1, 0.15) is 0 Å². The minimum Gasteiger partial charge on any atom is -0.451 e. The Hall–Kier alpha value is -2.67. The molecule has 0 saturated carbocycles. The molecule has 7 nitrogen and oxygen atoms in total. The lowest BCUT2D eigenvalue weighted by Crippen LogP contribution is -2.49. The minimum atomic E-state index is -0.914. The number of hydrogen-bond acceptors (Lipinski definition) is 5. The number of carbonyl (C=O) groups excluding carboxylic acids is 2. The molecule has 1 aliphatic rings. The second kappa shape index (κ2) is 8.78. The van der Waals surface area contributed by atoms with Gasteiger partial charge in [-0.1, -0.05) is 11.6 Å². The third-order valence-corrected chi connectivity index (χ3v) is 5.43. The van der Waals surface area contributed by atoms with E-state index >= 15 is 0 Å². The van der Waals surface area contributed by atoms with E-state index in [4.69, 9.17) is 16.3 Å². The number of aryl methyl sites for hydroxylation is 1. The standard InChI is InChI=1S/C21H24ClN3O4/c1-13-5-4-6-14(2)24(13)19(27)12-29-21(28)20-18(26)11-15(3)25(23-20)17-9-7-16(22)8-10-17/h7-11,13-14H,4-6,12H2,1-3H3/t13-,14-/m1/s1. The lowest BCUT2D eigenvalue weighted by Gasteiger charge is -2.38. The van der Waals surface area contributed by atoms with Gasteiger partial charge in [-0.3, -0.25) is 9.59 Å². The summed E-state index contributed by atoms with van der Waals surface area (Å²) in [6.07, 6.45) is 2.92. The summed E-state index contributed by atoms with van der Waals surface area (Å²) in [5.41, 5.74) is 0.289. The van der Waals surface area contributed by atoms with Crippen molar-refractivity contribution in [2.24, 2.45) is 0 Å². The van der Waals surface area contributed by atoms with Crippen LogP contribution in [0.1, 0.15) is 49.3 Å². The van der Waals surface area contributed by atoms with E-state index in [-0.39, 0.29) is 23.7 Å². The molecular formula is C21H24ClN3O4. The number of ether oxygens (including phenoxy) is 1. The average molecular weight is 418 g/mol. The van der Waals surface area contributed by atoms with Crippen LogP contribution in [0.2, 0.25) is 5.02 Å². The highest BCUT2D eigenvalue weighted by Gasteiger charge is 2.30. The summed E-state index contributed by atoms with van der Waals surface area (Å²) in [6, 6.07) is 8.35. The molecule has 2 aromatic rings. The molecule has 154 valence electrons. The number of nitrogens with zero attached hydrogens (tertiary/aromatic N) is 3. The summed E-state index contributed by atoms with van der Waals surface area (Å²) in [5.74, 6) is -1.17. The van der Waals surface area contributed by atoms with Gasteiger partial charge in [-0.15, -0.1) is 0 Å². The van der Waals surface area contributed by atoms with Crippen LogP contribution in [0, 0.1) is 6.92 Å². The van der Waals surface area contributed by atoms with Crippen molar-refractivity contribution in [1.29, 1.82) is 0 Å². The molecule has 1 aliphatic heterocycles. The number of likely N-dealkylation sites (tertiary alicyclic amines) is 1. The number of halogens is 1. The predicted molar refractivity (Wildman–Crippen MR) is 109 cm³/mol. The number of amides is 1. The fourth-order valence-electron chi connectivity index (χ4n) is 3.72. The number of rotatable bonds is 4. The lowest BCUT2D eigenvalue weighted by atomic mass is 9.97. The van der Waals surface area contributed by atoms with Gasteiger partial charge < -0.3 is 9.64 Å². The maximum absolute atomic E-state index is 12.5. The van der Waals surface area contributed by atoms with Crippen LogP contribution in [0.5, 0.6) is 0 Å². The molecule has 0 spiro atoms. The molecule has 29 heavy (non-hydrogen) atoms. The van der Waals surface area contributed by atoms with Gasteiger partial charge in [0, 0.05) is 28.9 Å². The maximum atomic E-state index is 12.5. The van der Waals surface area contributed by atoms with Gasteiger partial charge in [0.05, 0.1) is 5.69 Å². The van der Waals surface area contributed by atoms with Crippen LogP contribution in [0.25, 0.3) is 5.69 Å². The summed E-state index contributed by atoms with van der Waals surface area (Å²) in [5, 5.41) is 4.72. The highest BCUT2D eigenvalue weighted by Crippen LogP contribution is 2.22. The van der Waals surface area contributed by atoms with E-state index in [1.165, 1.54) is 10.7 Å². The first-order valence-corrected chi connectivity index (χ1v) is 10.0. The van der Waals surface area contributed by atoms with Gasteiger partial charge in [0.2, 0.25) is 11.1 Å². The Bertz CT molecular complexity index is 961. The molecule has 1 fully saturated rings. The maximum Gasteiger partial charge on any atom is 0.363 e. The Morgan fingerprint density at radius 3 is 2.41 bits per heavy atom. The zero-order valence-electron chi connectivity index (χ0n) is 16.7. The number of benzene rings is 1. The van der Waals surface area contributed by atoms with E-state index in [1.54, 1.807) is 36.1 Å². The van der Waals surface area contributed by atoms with Crippen LogP contribution in [0.15, 0.2) is 35.1 Å². The Labute approximate surface area is 174 Å². The second-order valence-corrected chi connectivity index (χ2v) is 7.83. The molecule has 1 aromatic heterocycles. The van der Waals surface area contributed by atoms with Crippen LogP contribution in [0.4, 0.5) is 0 Å². The summed E-state index contributed by atoms with van der Waals surface area (Å²) in [7, 11) is 0. The molecule has 0 aliphatic carbocycles. The van der Waals surface area contributed by atoms with Gasteiger partial charge in [-0.2, -0.15) is 5.10 Å². The van der Waals surface area contributed by atoms with Crippen molar-refractivity contribution < 1.29 is 14.3 Å². The average Bonchev–Trinajstić information content (AvgIpc) is 2.67. The molecule has 0 bridgehead atoms. The summed E-state index contributed by atoms with van der Waals surface area (Å²) in [4.78, 5) is 39.1. The SMILES string of the molecule is Cc1cc(=O)c(C(=O)OCC(=O)N2[C@H](C)CCC[C@H]2C)nn1-c1ccc(Cl)cc1. The highest BCUT2D eigenvalue weighted by atomic mass is 35.5. The summed E-state index contributed by atoms with van der Waals surface area (Å²) < 4.78 is 6.61. The van der Waals surface area contributed by atoms with Crippen LogP contribution in [0.3, 0.4) is 0 Å². The Morgan fingerprint density at radius 1 is 1.17 bits per heavy atom. The van der Waals surface area contributed by atoms with Gasteiger partial charge in [0.15, 0.2) is 6.61 Å². The normalized spacial score (nSPS) is 19.1. The van der Waals surface area contributed by atoms with Crippen molar-refractivity contribution in [3.63, 3.8) is 0 Å². The Balaban J connectivity index is 1.77. The van der Waals surface area contributed by atoms with Gasteiger partial charge in [-0.25, -0.2) is 9.48 Å². The first-order valence-electron chi connectivity index (χ1n) is 9.63. The van der Waals surface area contributed by atoms with E-state index in [0.717, 1.165) is 19.3 Å². The van der Waals surface area contributed by atoms with E-state index in [9.17, 15) is 14.4 Å². The number of esters is 1. The van der Waals surface area contributed by atoms with Crippen molar-refractivity contribution in [3.8, 4) is 5.69 Å². The van der Waals surface area contributed by atoms with Crippen molar-refractivity contribution in [3.05, 3.63) is 57.0 Å². The number of aromatic nitrogens is 2. The van der Waals surface area contributed by atoms with Gasteiger partial charge in [0.25, 0.3) is 5.91 Å². The first-order chi connectivity index (χ1) is 13.8. The van der Waals surface area contributed by atoms with Crippen LogP contribution >= 0.6 is 11.6 Å². The Kier molecular flexibility index (Phi) is 6.37. The van der Waals surface area contributed by atoms with E-state index in [0.29, 0.717) is 16.4 Å². The van der Waals surface area contributed by atoms with Crippen LogP contribution < -0.4 is 5.43 Å². The zero-order valence-corrected chi connectivity index (χ0v) is 17.5. The minimum absolute atomic E-state index is 0.101. The molecule has 1 saturated heterocycles. The summed E-state index contributed by atoms with van der Waals surface area (Å²) in [6.45, 7) is 5.27. The third kappa shape index (κ3) is 4.67. The van der Waals surface area contributed by atoms with E-state index in [2.05, 4.69) is 5.10 Å². The molecular weight excluding hydrogens is 394 g/mol. The number of piperidine rings is 1. The molecule has 2 heterocycles. The van der Waals surface area contributed by atoms with Crippen molar-refractivity contribution >= 4 is 23.5 Å². The van der Waals surface area contributed by atoms with Crippen molar-refractivity contribution in [1.82, 2.24) is 14.7 Å². The zero-order chi connectivity index (χ0) is 21.1. The fraction of sp³-hybridized carbons (Fsp3) is 0.429. The largest absolute Gasteiger partial charge is 0.451 e. The topological polar surface area (TPSA) is 81.5 Å². The molecule has 0 radical (unpaired) electrons. The second-order valence-electron chi connectivity index (χ2n) is 7.39. The fourth-order valence-corrected chi connectivity index (χ4v) is 3.84. The van der Waals surface area contributed by atoms with Crippen LogP contribution in [-0.2, 0) is 9.53 Å². The van der Waals surface area contributed by atoms with E-state index < -0.39 is 18.0 Å². The highest BCUT2D eigenvalue weighted by molar-refractivity contribution is 6.30. The van der Waals surface area contributed by atoms with Gasteiger partial charge >= 0.3 is 5.97 Å². The van der Waals surface area contributed by atoms with E-state index in [1.807, 2.05) is 13.8 Å². The monoisotopic (exact) mass is 417 g/mol. The molecule has 2 atom stereocenters. The molecule has 0 unspecified atom stereocenters. The smallest absolute Gasteiger partial charge is 0.363 e. The third-order valence-electron chi connectivity index (χ3n) is 5.18. The quantitative estimate of drug-likeness (QED) is 0.714. The molecule has 1 aromatic carbocycles. The molecule has 8 heteroatoms. The lowest BCUT2D eigenvalue weighted by molar-refractivity contribution is -0.140. The first kappa shape index (κ1) is 21.0. The van der Waals surface area contributed by atoms with Crippen molar-refractivity contribution in [2.45, 2.75) is 52.1 Å². The van der Waals surface area contributed by atoms with Gasteiger partial charge in [-0.05, 0) is 64.3 Å². The molecule has 3 rings (SSSR count). The molecule has 0 N–H and O–H groups in total. The number of carbonyl (C=O) groups is 2. The Morgan fingerprint density at radius 2 is 1.79 bits per heavy atom. The predicted octanol–water partition coefficient (Wildman–Crippen LogP) is 3.14.